The minimum atomic E-state index is -0.589. The second-order valence-corrected chi connectivity index (χ2v) is 5.55. The summed E-state index contributed by atoms with van der Waals surface area (Å²) in [5, 5.41) is 14.2. The van der Waals surface area contributed by atoms with Gasteiger partial charge in [-0.3, -0.25) is 4.98 Å². The van der Waals surface area contributed by atoms with Crippen molar-refractivity contribution in [3.63, 3.8) is 0 Å². The van der Waals surface area contributed by atoms with Gasteiger partial charge in [0, 0.05) is 11.6 Å². The van der Waals surface area contributed by atoms with E-state index in [0.717, 1.165) is 31.4 Å². The summed E-state index contributed by atoms with van der Waals surface area (Å²) in [4.78, 5) is 4.45. The van der Waals surface area contributed by atoms with Crippen LogP contribution in [0.25, 0.3) is 10.9 Å². The van der Waals surface area contributed by atoms with Crippen LogP contribution in [0.1, 0.15) is 25.8 Å². The number of hydrogen-bond acceptors (Lipinski definition) is 3. The van der Waals surface area contributed by atoms with Gasteiger partial charge in [-0.2, -0.15) is 0 Å². The predicted molar refractivity (Wildman–Crippen MR) is 79.2 cm³/mol. The van der Waals surface area contributed by atoms with E-state index in [1.165, 1.54) is 10.9 Å². The van der Waals surface area contributed by atoms with Crippen molar-refractivity contribution in [3.8, 4) is 0 Å². The summed E-state index contributed by atoms with van der Waals surface area (Å²) in [6.45, 7) is 5.42. The first kappa shape index (κ1) is 14.0. The van der Waals surface area contributed by atoms with Crippen molar-refractivity contribution in [2.75, 3.05) is 13.1 Å². The van der Waals surface area contributed by atoms with Gasteiger partial charge >= 0.3 is 0 Å². The molecule has 0 amide bonds. The Balaban J connectivity index is 1.88. The van der Waals surface area contributed by atoms with Crippen LogP contribution in [-0.4, -0.2) is 28.8 Å². The van der Waals surface area contributed by atoms with Gasteiger partial charge in [0.15, 0.2) is 0 Å². The summed E-state index contributed by atoms with van der Waals surface area (Å²) in [5.74, 6) is 0. The Kier molecular flexibility index (Phi) is 4.51. The van der Waals surface area contributed by atoms with E-state index in [0.29, 0.717) is 0 Å². The highest BCUT2D eigenvalue weighted by Crippen LogP contribution is 2.16. The lowest BCUT2D eigenvalue weighted by atomic mass is 10.1. The Morgan fingerprint density at radius 2 is 1.95 bits per heavy atom. The summed E-state index contributed by atoms with van der Waals surface area (Å²) in [6, 6.07) is 10.4. The van der Waals surface area contributed by atoms with E-state index in [9.17, 15) is 5.11 Å². The molecule has 0 aliphatic carbocycles. The molecule has 0 bridgehead atoms. The number of aromatic nitrogens is 1. The molecule has 1 heterocycles. The molecule has 3 nitrogen and oxygen atoms in total. The highest BCUT2D eigenvalue weighted by atomic mass is 16.3. The second-order valence-electron chi connectivity index (χ2n) is 5.55. The van der Waals surface area contributed by atoms with Gasteiger partial charge < -0.3 is 10.4 Å². The largest absolute Gasteiger partial charge is 0.390 e. The summed E-state index contributed by atoms with van der Waals surface area (Å²) in [7, 11) is 0. The van der Waals surface area contributed by atoms with Crippen LogP contribution in [0.15, 0.2) is 36.5 Å². The first-order chi connectivity index (χ1) is 9.06. The van der Waals surface area contributed by atoms with E-state index < -0.39 is 5.60 Å². The third-order valence-corrected chi connectivity index (χ3v) is 3.20. The molecule has 0 aliphatic rings. The van der Waals surface area contributed by atoms with Crippen LogP contribution in [0.5, 0.6) is 0 Å². The lowest BCUT2D eigenvalue weighted by molar-refractivity contribution is 0.0713. The van der Waals surface area contributed by atoms with Crippen molar-refractivity contribution in [2.45, 2.75) is 32.3 Å². The summed E-state index contributed by atoms with van der Waals surface area (Å²) >= 11 is 0. The highest BCUT2D eigenvalue weighted by Gasteiger charge is 2.10. The van der Waals surface area contributed by atoms with Crippen LogP contribution >= 0.6 is 0 Å². The Morgan fingerprint density at radius 1 is 1.16 bits per heavy atom. The molecular weight excluding hydrogens is 236 g/mol. The van der Waals surface area contributed by atoms with Crippen molar-refractivity contribution in [2.24, 2.45) is 0 Å². The Morgan fingerprint density at radius 3 is 2.74 bits per heavy atom. The maximum Gasteiger partial charge on any atom is 0.0734 e. The maximum absolute atomic E-state index is 9.63. The monoisotopic (exact) mass is 258 g/mol. The minimum Gasteiger partial charge on any atom is -0.390 e. The third-order valence-electron chi connectivity index (χ3n) is 3.20. The molecule has 1 aromatic heterocycles. The first-order valence-corrected chi connectivity index (χ1v) is 6.82. The summed E-state index contributed by atoms with van der Waals surface area (Å²) < 4.78 is 0. The van der Waals surface area contributed by atoms with Crippen LogP contribution < -0.4 is 5.32 Å². The van der Waals surface area contributed by atoms with Gasteiger partial charge in [-0.15, -0.1) is 0 Å². The third kappa shape index (κ3) is 4.30. The molecule has 2 rings (SSSR count). The SMILES string of the molecule is CC(C)(O)CCNCCc1cccc2cccnc12. The zero-order chi connectivity index (χ0) is 13.7. The molecule has 2 aromatic rings. The fourth-order valence-electron chi connectivity index (χ4n) is 2.11. The van der Waals surface area contributed by atoms with E-state index >= 15 is 0 Å². The number of nitrogens with zero attached hydrogens (tertiary/aromatic N) is 1. The minimum absolute atomic E-state index is 0.589. The first-order valence-electron chi connectivity index (χ1n) is 6.82. The maximum atomic E-state index is 9.63. The fourth-order valence-corrected chi connectivity index (χ4v) is 2.11. The van der Waals surface area contributed by atoms with Crippen LogP contribution in [-0.2, 0) is 6.42 Å². The van der Waals surface area contributed by atoms with Crippen LogP contribution in [0, 0.1) is 0 Å². The molecule has 102 valence electrons. The molecule has 0 spiro atoms. The molecule has 1 aromatic carbocycles. The van der Waals surface area contributed by atoms with Crippen LogP contribution in [0.3, 0.4) is 0 Å². The van der Waals surface area contributed by atoms with Crippen molar-refractivity contribution in [3.05, 3.63) is 42.1 Å². The molecule has 0 atom stereocenters. The quantitative estimate of drug-likeness (QED) is 0.783. The summed E-state index contributed by atoms with van der Waals surface area (Å²) in [5.41, 5.74) is 1.77. The zero-order valence-electron chi connectivity index (χ0n) is 11.7. The molecule has 0 saturated carbocycles. The number of pyridine rings is 1. The van der Waals surface area contributed by atoms with Crippen molar-refractivity contribution in [1.29, 1.82) is 0 Å². The number of fused-ring (bicyclic) bond motifs is 1. The zero-order valence-corrected chi connectivity index (χ0v) is 11.7. The van der Waals surface area contributed by atoms with E-state index in [1.807, 2.05) is 26.1 Å². The highest BCUT2D eigenvalue weighted by molar-refractivity contribution is 5.81. The molecular formula is C16H22N2O. The Hall–Kier alpha value is -1.45. The van der Waals surface area contributed by atoms with Gasteiger partial charge in [-0.05, 0) is 51.4 Å². The van der Waals surface area contributed by atoms with Crippen molar-refractivity contribution >= 4 is 10.9 Å². The number of nitrogens with one attached hydrogen (secondary N) is 1. The number of hydrogen-bond donors (Lipinski definition) is 2. The molecule has 0 aliphatic heterocycles. The van der Waals surface area contributed by atoms with E-state index in [4.69, 9.17) is 0 Å². The second kappa shape index (κ2) is 6.13. The fraction of sp³-hybridized carbons (Fsp3) is 0.438. The van der Waals surface area contributed by atoms with Gasteiger partial charge in [0.1, 0.15) is 0 Å². The topological polar surface area (TPSA) is 45.1 Å². The van der Waals surface area contributed by atoms with Gasteiger partial charge in [0.05, 0.1) is 11.1 Å². The Bertz CT molecular complexity index is 526. The molecule has 0 saturated heterocycles. The number of benzene rings is 1. The predicted octanol–water partition coefficient (Wildman–Crippen LogP) is 2.53. The standard InChI is InChI=1S/C16H22N2O/c1-16(2,19)9-12-17-11-8-14-6-3-5-13-7-4-10-18-15(13)14/h3-7,10,17,19H,8-9,11-12H2,1-2H3. The molecule has 0 unspecified atom stereocenters. The van der Waals surface area contributed by atoms with Crippen molar-refractivity contribution < 1.29 is 5.11 Å². The average Bonchev–Trinajstić information content (AvgIpc) is 2.37. The van der Waals surface area contributed by atoms with Crippen LogP contribution in [0.4, 0.5) is 0 Å². The Labute approximate surface area is 114 Å². The lowest BCUT2D eigenvalue weighted by Gasteiger charge is -2.17. The van der Waals surface area contributed by atoms with Crippen molar-refractivity contribution in [1.82, 2.24) is 10.3 Å². The van der Waals surface area contributed by atoms with Gasteiger partial charge in [0.2, 0.25) is 0 Å². The van der Waals surface area contributed by atoms with Gasteiger partial charge in [-0.1, -0.05) is 24.3 Å². The average molecular weight is 258 g/mol. The lowest BCUT2D eigenvalue weighted by Crippen LogP contribution is -2.27. The smallest absolute Gasteiger partial charge is 0.0734 e. The normalized spacial score (nSPS) is 11.9. The molecule has 0 radical (unpaired) electrons. The number of para-hydroxylation sites is 1. The molecule has 0 fully saturated rings. The van der Waals surface area contributed by atoms with Gasteiger partial charge in [-0.25, -0.2) is 0 Å². The van der Waals surface area contributed by atoms with E-state index in [2.05, 4.69) is 34.6 Å². The van der Waals surface area contributed by atoms with Crippen LogP contribution in [0.2, 0.25) is 0 Å². The summed E-state index contributed by atoms with van der Waals surface area (Å²) in [6.07, 6.45) is 3.56. The van der Waals surface area contributed by atoms with E-state index in [-0.39, 0.29) is 0 Å². The van der Waals surface area contributed by atoms with Gasteiger partial charge in [0.25, 0.3) is 0 Å². The number of rotatable bonds is 6. The molecule has 2 N–H and O–H groups in total. The van der Waals surface area contributed by atoms with E-state index in [1.54, 1.807) is 0 Å². The molecule has 19 heavy (non-hydrogen) atoms. The molecule has 3 heteroatoms. The number of aliphatic hydroxyl groups is 1.